The Bertz CT molecular complexity index is 409. The molecule has 0 aromatic heterocycles. The predicted octanol–water partition coefficient (Wildman–Crippen LogP) is -0.105. The van der Waals surface area contributed by atoms with Gasteiger partial charge in [-0.15, -0.1) is 0 Å². The summed E-state index contributed by atoms with van der Waals surface area (Å²) in [5.41, 5.74) is 5.57. The van der Waals surface area contributed by atoms with Gasteiger partial charge in [0, 0.05) is 19.0 Å². The average Bonchev–Trinajstić information content (AvgIpc) is 2.50. The molecule has 8 heteroatoms. The van der Waals surface area contributed by atoms with E-state index in [0.29, 0.717) is 38.1 Å². The molecule has 0 spiro atoms. The van der Waals surface area contributed by atoms with Crippen molar-refractivity contribution < 1.29 is 19.5 Å². The van der Waals surface area contributed by atoms with Crippen molar-refractivity contribution >= 4 is 29.5 Å². The van der Waals surface area contributed by atoms with E-state index in [0.717, 1.165) is 0 Å². The highest BCUT2D eigenvalue weighted by atomic mass is 32.2. The second-order valence-electron chi connectivity index (χ2n) is 5.57. The fourth-order valence-electron chi connectivity index (χ4n) is 2.43. The first kappa shape index (κ1) is 18.8. The van der Waals surface area contributed by atoms with Crippen LogP contribution in [0.1, 0.15) is 26.2 Å². The third-order valence-electron chi connectivity index (χ3n) is 3.79. The van der Waals surface area contributed by atoms with E-state index in [9.17, 15) is 14.4 Å². The van der Waals surface area contributed by atoms with Crippen molar-refractivity contribution in [1.82, 2.24) is 10.2 Å². The fourth-order valence-corrected chi connectivity index (χ4v) is 2.90. The Morgan fingerprint density at radius 3 is 2.41 bits per heavy atom. The van der Waals surface area contributed by atoms with E-state index >= 15 is 0 Å². The summed E-state index contributed by atoms with van der Waals surface area (Å²) in [4.78, 5) is 36.8. The lowest BCUT2D eigenvalue weighted by Crippen LogP contribution is -2.50. The number of aliphatic carboxylic acids is 1. The Morgan fingerprint density at radius 1 is 1.36 bits per heavy atom. The maximum atomic E-state index is 12.2. The summed E-state index contributed by atoms with van der Waals surface area (Å²) in [7, 11) is 0. The first-order chi connectivity index (χ1) is 10.4. The third kappa shape index (κ3) is 5.49. The van der Waals surface area contributed by atoms with Crippen LogP contribution in [0.15, 0.2) is 0 Å². The van der Waals surface area contributed by atoms with Crippen molar-refractivity contribution in [1.29, 1.82) is 0 Å². The number of carboxylic acid groups (broad SMARTS) is 1. The maximum absolute atomic E-state index is 12.2. The molecule has 0 radical (unpaired) electrons. The first-order valence-corrected chi connectivity index (χ1v) is 8.82. The number of nitrogens with one attached hydrogen (secondary N) is 1. The normalized spacial score (nSPS) is 18.6. The number of nitrogens with zero attached hydrogens (tertiary/aromatic N) is 1. The lowest BCUT2D eigenvalue weighted by Gasteiger charge is -2.32. The van der Waals surface area contributed by atoms with Gasteiger partial charge < -0.3 is 21.1 Å². The highest BCUT2D eigenvalue weighted by Crippen LogP contribution is 2.18. The molecular weight excluding hydrogens is 306 g/mol. The van der Waals surface area contributed by atoms with Gasteiger partial charge >= 0.3 is 5.97 Å². The standard InChI is InChI=1S/C14H25N3O4S/c1-9(15)13(19)17-6-3-10(4-7-17)12(18)16-11(14(20)21)5-8-22-2/h9-11H,3-8,15H2,1-2H3,(H,16,18)(H,20,21). The van der Waals surface area contributed by atoms with E-state index in [1.807, 2.05) is 6.26 Å². The quantitative estimate of drug-likeness (QED) is 0.600. The number of piperidine rings is 1. The summed E-state index contributed by atoms with van der Waals surface area (Å²) in [6.45, 7) is 2.62. The second-order valence-corrected chi connectivity index (χ2v) is 6.55. The van der Waals surface area contributed by atoms with Gasteiger partial charge in [0.2, 0.25) is 11.8 Å². The highest BCUT2D eigenvalue weighted by Gasteiger charge is 2.30. The van der Waals surface area contributed by atoms with E-state index in [2.05, 4.69) is 5.32 Å². The number of likely N-dealkylation sites (tertiary alicyclic amines) is 1. The summed E-state index contributed by atoms with van der Waals surface area (Å²) in [6.07, 6.45) is 3.38. The van der Waals surface area contributed by atoms with E-state index in [4.69, 9.17) is 10.8 Å². The number of rotatable bonds is 7. The van der Waals surface area contributed by atoms with Crippen molar-refractivity contribution in [2.45, 2.75) is 38.3 Å². The molecule has 1 saturated heterocycles. The van der Waals surface area contributed by atoms with Crippen molar-refractivity contribution in [3.63, 3.8) is 0 Å². The maximum Gasteiger partial charge on any atom is 0.326 e. The van der Waals surface area contributed by atoms with Crippen LogP contribution in [-0.4, -0.2) is 65.0 Å². The van der Waals surface area contributed by atoms with Crippen LogP contribution in [0.2, 0.25) is 0 Å². The van der Waals surface area contributed by atoms with Gasteiger partial charge in [-0.25, -0.2) is 4.79 Å². The molecule has 2 atom stereocenters. The van der Waals surface area contributed by atoms with E-state index in [1.165, 1.54) is 0 Å². The molecule has 2 amide bonds. The van der Waals surface area contributed by atoms with Crippen molar-refractivity contribution in [2.75, 3.05) is 25.1 Å². The first-order valence-electron chi connectivity index (χ1n) is 7.43. The van der Waals surface area contributed by atoms with Gasteiger partial charge in [0.15, 0.2) is 0 Å². The molecular formula is C14H25N3O4S. The van der Waals surface area contributed by atoms with Crippen LogP contribution in [0.5, 0.6) is 0 Å². The van der Waals surface area contributed by atoms with Gasteiger partial charge in [-0.05, 0) is 38.2 Å². The van der Waals surface area contributed by atoms with Gasteiger partial charge in [0.1, 0.15) is 6.04 Å². The summed E-state index contributed by atoms with van der Waals surface area (Å²) in [5, 5.41) is 11.7. The van der Waals surface area contributed by atoms with Gasteiger partial charge in [-0.3, -0.25) is 9.59 Å². The number of thioether (sulfide) groups is 1. The molecule has 0 aromatic carbocycles. The van der Waals surface area contributed by atoms with Gasteiger partial charge in [-0.2, -0.15) is 11.8 Å². The SMILES string of the molecule is CSCCC(NC(=O)C1CCN(C(=O)C(C)N)CC1)C(=O)O. The fraction of sp³-hybridized carbons (Fsp3) is 0.786. The lowest BCUT2D eigenvalue weighted by molar-refractivity contribution is -0.143. The lowest BCUT2D eigenvalue weighted by atomic mass is 9.95. The summed E-state index contributed by atoms with van der Waals surface area (Å²) < 4.78 is 0. The number of carboxylic acids is 1. The molecule has 126 valence electrons. The molecule has 0 bridgehead atoms. The van der Waals surface area contributed by atoms with Crippen molar-refractivity contribution in [3.05, 3.63) is 0 Å². The molecule has 1 heterocycles. The average molecular weight is 331 g/mol. The molecule has 22 heavy (non-hydrogen) atoms. The Labute approximate surface area is 135 Å². The van der Waals surface area contributed by atoms with Crippen molar-refractivity contribution in [3.8, 4) is 0 Å². The largest absolute Gasteiger partial charge is 0.480 e. The number of carbonyl (C=O) groups excluding carboxylic acids is 2. The molecule has 2 unspecified atom stereocenters. The molecule has 1 fully saturated rings. The minimum atomic E-state index is -1.01. The number of hydrogen-bond donors (Lipinski definition) is 3. The van der Waals surface area contributed by atoms with Gasteiger partial charge in [0.05, 0.1) is 6.04 Å². The molecule has 0 aromatic rings. The minimum Gasteiger partial charge on any atom is -0.480 e. The summed E-state index contributed by atoms with van der Waals surface area (Å²) in [6, 6.07) is -1.38. The Kier molecular flexibility index (Phi) is 7.67. The number of hydrogen-bond acceptors (Lipinski definition) is 5. The minimum absolute atomic E-state index is 0.109. The second kappa shape index (κ2) is 8.99. The van der Waals surface area contributed by atoms with Crippen LogP contribution in [-0.2, 0) is 14.4 Å². The zero-order valence-electron chi connectivity index (χ0n) is 13.1. The van der Waals surface area contributed by atoms with Gasteiger partial charge in [-0.1, -0.05) is 0 Å². The monoisotopic (exact) mass is 331 g/mol. The molecule has 1 rings (SSSR count). The third-order valence-corrected chi connectivity index (χ3v) is 4.44. The Morgan fingerprint density at radius 2 is 1.95 bits per heavy atom. The molecule has 0 aliphatic carbocycles. The van der Waals surface area contributed by atoms with Crippen LogP contribution in [0.25, 0.3) is 0 Å². The van der Waals surface area contributed by atoms with Gasteiger partial charge in [0.25, 0.3) is 0 Å². The zero-order chi connectivity index (χ0) is 16.7. The number of amides is 2. The topological polar surface area (TPSA) is 113 Å². The molecule has 7 nitrogen and oxygen atoms in total. The van der Waals surface area contributed by atoms with Crippen LogP contribution in [0.3, 0.4) is 0 Å². The van der Waals surface area contributed by atoms with E-state index in [1.54, 1.807) is 23.6 Å². The van der Waals surface area contributed by atoms with E-state index in [-0.39, 0.29) is 17.7 Å². The predicted molar refractivity (Wildman–Crippen MR) is 85.5 cm³/mol. The number of carbonyl (C=O) groups is 3. The molecule has 1 aliphatic rings. The highest BCUT2D eigenvalue weighted by molar-refractivity contribution is 7.98. The Balaban J connectivity index is 2.47. The molecule has 0 saturated carbocycles. The van der Waals surface area contributed by atoms with Crippen LogP contribution in [0, 0.1) is 5.92 Å². The van der Waals surface area contributed by atoms with Crippen LogP contribution in [0.4, 0.5) is 0 Å². The Hall–Kier alpha value is -1.28. The molecule has 4 N–H and O–H groups in total. The smallest absolute Gasteiger partial charge is 0.326 e. The molecule has 1 aliphatic heterocycles. The number of nitrogens with two attached hydrogens (primary N) is 1. The van der Waals surface area contributed by atoms with E-state index < -0.39 is 18.1 Å². The van der Waals surface area contributed by atoms with Crippen LogP contribution < -0.4 is 11.1 Å². The van der Waals surface area contributed by atoms with Crippen molar-refractivity contribution in [2.24, 2.45) is 11.7 Å². The summed E-state index contributed by atoms with van der Waals surface area (Å²) >= 11 is 1.55. The zero-order valence-corrected chi connectivity index (χ0v) is 13.9. The van der Waals surface area contributed by atoms with Crippen LogP contribution >= 0.6 is 11.8 Å². The summed E-state index contributed by atoms with van der Waals surface area (Å²) in [5.74, 6) is -0.914.